The van der Waals surface area contributed by atoms with E-state index in [1.807, 2.05) is 6.92 Å². The molecule has 2 rings (SSSR count). The van der Waals surface area contributed by atoms with Crippen LogP contribution in [0, 0.1) is 0 Å². The average Bonchev–Trinajstić information content (AvgIpc) is 3.12. The van der Waals surface area contributed by atoms with Crippen molar-refractivity contribution >= 4 is 38.8 Å². The number of nitrogens with zero attached hydrogens (tertiary/aromatic N) is 4. The third kappa shape index (κ3) is 7.24. The molecule has 2 aromatic heterocycles. The van der Waals surface area contributed by atoms with E-state index in [2.05, 4.69) is 37.6 Å². The molecule has 0 bridgehead atoms. The summed E-state index contributed by atoms with van der Waals surface area (Å²) in [5, 5.41) is 33.9. The zero-order valence-electron chi connectivity index (χ0n) is 14.3. The van der Waals surface area contributed by atoms with Gasteiger partial charge in [0.05, 0.1) is 0 Å². The minimum atomic E-state index is -0.636. The lowest BCUT2D eigenvalue weighted by molar-refractivity contribution is -0.115. The van der Waals surface area contributed by atoms with Gasteiger partial charge < -0.3 is 15.7 Å². The van der Waals surface area contributed by atoms with Gasteiger partial charge in [0, 0.05) is 19.3 Å². The van der Waals surface area contributed by atoms with Gasteiger partial charge in [0.25, 0.3) is 0 Å². The van der Waals surface area contributed by atoms with E-state index in [4.69, 9.17) is 0 Å². The van der Waals surface area contributed by atoms with Crippen LogP contribution in [0.25, 0.3) is 0 Å². The van der Waals surface area contributed by atoms with Crippen LogP contribution in [0.3, 0.4) is 0 Å². The van der Waals surface area contributed by atoms with Crippen LogP contribution in [0.1, 0.15) is 43.1 Å². The SMILES string of the molecule is C=C(C)CC(=O)Nc1nnc(CCCCc2nnc(NC(C)O)s2)s1. The zero-order chi connectivity index (χ0) is 18.2. The number of rotatable bonds is 10. The smallest absolute Gasteiger partial charge is 0.230 e. The second-order valence-electron chi connectivity index (χ2n) is 5.71. The lowest BCUT2D eigenvalue weighted by atomic mass is 10.2. The number of aryl methyl sites for hydroxylation is 2. The standard InChI is InChI=1S/C15H22N6O2S2/c1-9(2)8-11(23)17-15-21-19-13(25-15)7-5-4-6-12-18-20-14(24-12)16-10(3)22/h10,22H,1,4-8H2,2-3H3,(H,16,20)(H,17,21,23). The summed E-state index contributed by atoms with van der Waals surface area (Å²) in [7, 11) is 0. The van der Waals surface area contributed by atoms with Crippen molar-refractivity contribution in [3.05, 3.63) is 22.2 Å². The number of aliphatic hydroxyl groups excluding tert-OH is 1. The average molecular weight is 383 g/mol. The predicted molar refractivity (Wildman–Crippen MR) is 99.8 cm³/mol. The first-order valence-electron chi connectivity index (χ1n) is 7.96. The molecule has 8 nitrogen and oxygen atoms in total. The van der Waals surface area contributed by atoms with Crippen LogP contribution in [0.2, 0.25) is 0 Å². The largest absolute Gasteiger partial charge is 0.374 e. The van der Waals surface area contributed by atoms with Crippen LogP contribution in [0.4, 0.5) is 10.3 Å². The molecule has 0 aromatic carbocycles. The monoisotopic (exact) mass is 382 g/mol. The summed E-state index contributed by atoms with van der Waals surface area (Å²) < 4.78 is 0. The number of unbranched alkanes of at least 4 members (excludes halogenated alkanes) is 1. The first-order valence-corrected chi connectivity index (χ1v) is 9.59. The maximum Gasteiger partial charge on any atom is 0.230 e. The molecule has 2 heterocycles. The molecule has 10 heteroatoms. The van der Waals surface area contributed by atoms with Crippen molar-refractivity contribution in [1.82, 2.24) is 20.4 Å². The molecule has 0 spiro atoms. The maximum absolute atomic E-state index is 11.7. The van der Waals surface area contributed by atoms with E-state index in [9.17, 15) is 9.90 Å². The molecule has 2 aromatic rings. The van der Waals surface area contributed by atoms with Crippen molar-refractivity contribution in [2.75, 3.05) is 10.6 Å². The first-order chi connectivity index (χ1) is 11.9. The van der Waals surface area contributed by atoms with Gasteiger partial charge in [-0.2, -0.15) is 0 Å². The van der Waals surface area contributed by atoms with Crippen LogP contribution in [0.5, 0.6) is 0 Å². The molecule has 0 aliphatic heterocycles. The van der Waals surface area contributed by atoms with Gasteiger partial charge in [-0.05, 0) is 26.7 Å². The predicted octanol–water partition coefficient (Wildman–Crippen LogP) is 2.61. The first kappa shape index (κ1) is 19.4. The second-order valence-corrected chi connectivity index (χ2v) is 7.84. The molecule has 1 unspecified atom stereocenters. The molecule has 0 saturated carbocycles. The number of carbonyl (C=O) groups excluding carboxylic acids is 1. The molecule has 0 aliphatic rings. The lowest BCUT2D eigenvalue weighted by Crippen LogP contribution is -2.12. The van der Waals surface area contributed by atoms with Crippen LogP contribution >= 0.6 is 22.7 Å². The van der Waals surface area contributed by atoms with Gasteiger partial charge in [-0.3, -0.25) is 4.79 Å². The number of nitrogens with one attached hydrogen (secondary N) is 2. The van der Waals surface area contributed by atoms with Gasteiger partial charge in [-0.25, -0.2) is 0 Å². The Morgan fingerprint density at radius 2 is 1.68 bits per heavy atom. The third-order valence-electron chi connectivity index (χ3n) is 3.01. The molecule has 1 amide bonds. The molecular weight excluding hydrogens is 360 g/mol. The number of amides is 1. The highest BCUT2D eigenvalue weighted by molar-refractivity contribution is 7.15. The molecule has 1 atom stereocenters. The molecule has 0 aliphatic carbocycles. The fourth-order valence-electron chi connectivity index (χ4n) is 1.99. The van der Waals surface area contributed by atoms with E-state index in [-0.39, 0.29) is 5.91 Å². The van der Waals surface area contributed by atoms with Crippen molar-refractivity contribution in [1.29, 1.82) is 0 Å². The number of aromatic nitrogens is 4. The fraction of sp³-hybridized carbons (Fsp3) is 0.533. The topological polar surface area (TPSA) is 113 Å². The van der Waals surface area contributed by atoms with E-state index in [0.29, 0.717) is 16.7 Å². The highest BCUT2D eigenvalue weighted by atomic mass is 32.1. The minimum Gasteiger partial charge on any atom is -0.374 e. The Bertz CT molecular complexity index is 712. The molecule has 136 valence electrons. The van der Waals surface area contributed by atoms with E-state index >= 15 is 0 Å². The van der Waals surface area contributed by atoms with Crippen molar-refractivity contribution in [3.8, 4) is 0 Å². The van der Waals surface area contributed by atoms with Crippen LogP contribution in [-0.4, -0.2) is 37.6 Å². The molecule has 0 fully saturated rings. The number of anilines is 2. The van der Waals surface area contributed by atoms with E-state index < -0.39 is 6.23 Å². The summed E-state index contributed by atoms with van der Waals surface area (Å²) >= 11 is 2.85. The van der Waals surface area contributed by atoms with E-state index in [1.54, 1.807) is 6.92 Å². The second kappa shape index (κ2) is 9.54. The van der Waals surface area contributed by atoms with Gasteiger partial charge >= 0.3 is 0 Å². The van der Waals surface area contributed by atoms with Gasteiger partial charge in [0.15, 0.2) is 0 Å². The number of carbonyl (C=O) groups is 1. The number of hydrogen-bond acceptors (Lipinski definition) is 9. The Morgan fingerprint density at radius 3 is 2.24 bits per heavy atom. The zero-order valence-corrected chi connectivity index (χ0v) is 15.9. The molecule has 0 saturated heterocycles. The van der Waals surface area contributed by atoms with E-state index in [0.717, 1.165) is 41.3 Å². The van der Waals surface area contributed by atoms with Crippen molar-refractivity contribution in [2.45, 2.75) is 52.2 Å². The third-order valence-corrected chi connectivity index (χ3v) is 4.82. The normalized spacial score (nSPS) is 12.0. The highest BCUT2D eigenvalue weighted by Crippen LogP contribution is 2.20. The van der Waals surface area contributed by atoms with Crippen LogP contribution in [0.15, 0.2) is 12.2 Å². The Kier molecular flexibility index (Phi) is 7.41. The quantitative estimate of drug-likeness (QED) is 0.329. The summed E-state index contributed by atoms with van der Waals surface area (Å²) in [6, 6.07) is 0. The maximum atomic E-state index is 11.7. The highest BCUT2D eigenvalue weighted by Gasteiger charge is 2.09. The minimum absolute atomic E-state index is 0.118. The Morgan fingerprint density at radius 1 is 1.12 bits per heavy atom. The van der Waals surface area contributed by atoms with Gasteiger partial charge in [0.2, 0.25) is 16.2 Å². The molecular formula is C15H22N6O2S2. The molecule has 0 radical (unpaired) electrons. The van der Waals surface area contributed by atoms with Crippen LogP contribution in [-0.2, 0) is 17.6 Å². The molecule has 25 heavy (non-hydrogen) atoms. The fourth-order valence-corrected chi connectivity index (χ4v) is 3.65. The van der Waals surface area contributed by atoms with Crippen molar-refractivity contribution in [2.24, 2.45) is 0 Å². The van der Waals surface area contributed by atoms with Crippen molar-refractivity contribution < 1.29 is 9.90 Å². The molecule has 3 N–H and O–H groups in total. The Labute approximate surface area is 154 Å². The van der Waals surface area contributed by atoms with E-state index in [1.165, 1.54) is 22.7 Å². The van der Waals surface area contributed by atoms with Gasteiger partial charge in [0.1, 0.15) is 16.2 Å². The summed E-state index contributed by atoms with van der Waals surface area (Å²) in [5.41, 5.74) is 0.811. The summed E-state index contributed by atoms with van der Waals surface area (Å²) in [4.78, 5) is 11.7. The van der Waals surface area contributed by atoms with Crippen molar-refractivity contribution in [3.63, 3.8) is 0 Å². The Balaban J connectivity index is 1.69. The number of aliphatic hydroxyl groups is 1. The summed E-state index contributed by atoms with van der Waals surface area (Å²) in [5.74, 6) is -0.118. The van der Waals surface area contributed by atoms with Gasteiger partial charge in [-0.1, -0.05) is 34.8 Å². The summed E-state index contributed by atoms with van der Waals surface area (Å²) in [6.45, 7) is 7.16. The summed E-state index contributed by atoms with van der Waals surface area (Å²) in [6.07, 6.45) is 3.21. The lowest BCUT2D eigenvalue weighted by Gasteiger charge is -2.02. The Hall–Kier alpha value is -1.91. The van der Waals surface area contributed by atoms with Gasteiger partial charge in [-0.15, -0.1) is 20.4 Å². The number of hydrogen-bond donors (Lipinski definition) is 3. The van der Waals surface area contributed by atoms with Crippen LogP contribution < -0.4 is 10.6 Å².